The first-order valence-electron chi connectivity index (χ1n) is 9.30. The van der Waals surface area contributed by atoms with Gasteiger partial charge >= 0.3 is 5.69 Å². The van der Waals surface area contributed by atoms with Gasteiger partial charge in [-0.15, -0.1) is 0 Å². The Bertz CT molecular complexity index is 1080. The number of halogens is 3. The summed E-state index contributed by atoms with van der Waals surface area (Å²) < 4.78 is 41.5. The number of hydrogen-bond donors (Lipinski definition) is 0. The molecule has 2 aromatic carbocycles. The van der Waals surface area contributed by atoms with Gasteiger partial charge in [0.05, 0.1) is 22.2 Å². The van der Waals surface area contributed by atoms with Crippen LogP contribution in [0.25, 0.3) is 0 Å². The fourth-order valence-electron chi connectivity index (χ4n) is 4.02. The lowest BCUT2D eigenvalue weighted by Crippen LogP contribution is -2.41. The largest absolute Gasteiger partial charge is 0.311 e. The molecule has 2 amide bonds. The summed E-state index contributed by atoms with van der Waals surface area (Å²) in [5.41, 5.74) is -0.252. The molecule has 30 heavy (non-hydrogen) atoms. The molecule has 1 atom stereocenters. The molecule has 0 aliphatic carbocycles. The Morgan fingerprint density at radius 3 is 2.63 bits per heavy atom. The lowest BCUT2D eigenvalue weighted by atomic mass is 9.98. The standard InChI is InChI=1S/C20H16F3N3O4/c21-13-6-11-2-1-5-24(19(11)16(23)8-13)20(28)12-7-18(27)25(10-12)14-3-4-15(22)17(9-14)26(29)30/h3-4,6,8-9,12H,1-2,5,7,10H2. The molecule has 0 aromatic heterocycles. The number of benzene rings is 2. The number of rotatable bonds is 3. The molecule has 0 saturated carbocycles. The Morgan fingerprint density at radius 1 is 1.13 bits per heavy atom. The molecule has 1 unspecified atom stereocenters. The van der Waals surface area contributed by atoms with E-state index in [-0.39, 0.29) is 30.9 Å². The molecular formula is C20H16F3N3O4. The van der Waals surface area contributed by atoms with Crippen LogP contribution in [0.5, 0.6) is 0 Å². The van der Waals surface area contributed by atoms with Crippen molar-refractivity contribution in [2.45, 2.75) is 19.3 Å². The number of nitrogens with zero attached hydrogens (tertiary/aromatic N) is 3. The smallest absolute Gasteiger partial charge is 0.306 e. The van der Waals surface area contributed by atoms with Crippen molar-refractivity contribution in [1.82, 2.24) is 0 Å². The second-order valence-electron chi connectivity index (χ2n) is 7.29. The second kappa shape index (κ2) is 7.43. The first-order chi connectivity index (χ1) is 14.3. The lowest BCUT2D eigenvalue weighted by Gasteiger charge is -2.31. The fourth-order valence-corrected chi connectivity index (χ4v) is 4.02. The summed E-state index contributed by atoms with van der Waals surface area (Å²) in [7, 11) is 0. The molecule has 0 radical (unpaired) electrons. The third kappa shape index (κ3) is 3.38. The molecule has 0 bridgehead atoms. The summed E-state index contributed by atoms with van der Waals surface area (Å²) in [5, 5.41) is 11.0. The highest BCUT2D eigenvalue weighted by atomic mass is 19.1. The quantitative estimate of drug-likeness (QED) is 0.564. The zero-order valence-corrected chi connectivity index (χ0v) is 15.6. The van der Waals surface area contributed by atoms with Crippen molar-refractivity contribution in [1.29, 1.82) is 0 Å². The van der Waals surface area contributed by atoms with Gasteiger partial charge in [0.15, 0.2) is 0 Å². The van der Waals surface area contributed by atoms with Gasteiger partial charge < -0.3 is 9.80 Å². The molecule has 2 aliphatic rings. The molecule has 0 spiro atoms. The first-order valence-corrected chi connectivity index (χ1v) is 9.30. The van der Waals surface area contributed by atoms with E-state index in [1.165, 1.54) is 21.9 Å². The minimum Gasteiger partial charge on any atom is -0.311 e. The average Bonchev–Trinajstić information content (AvgIpc) is 3.08. The maximum atomic E-state index is 14.4. The highest BCUT2D eigenvalue weighted by Crippen LogP contribution is 2.35. The number of nitro groups is 1. The highest BCUT2D eigenvalue weighted by molar-refractivity contribution is 6.05. The third-order valence-corrected chi connectivity index (χ3v) is 5.38. The van der Waals surface area contributed by atoms with Crippen molar-refractivity contribution >= 4 is 28.9 Å². The Hall–Kier alpha value is -3.43. The maximum Gasteiger partial charge on any atom is 0.306 e. The molecule has 4 rings (SSSR count). The molecule has 2 aromatic rings. The van der Waals surface area contributed by atoms with E-state index in [0.717, 1.165) is 12.1 Å². The van der Waals surface area contributed by atoms with Crippen LogP contribution in [-0.2, 0) is 16.0 Å². The van der Waals surface area contributed by atoms with Crippen molar-refractivity contribution < 1.29 is 27.7 Å². The maximum absolute atomic E-state index is 14.4. The third-order valence-electron chi connectivity index (χ3n) is 5.38. The van der Waals surface area contributed by atoms with Gasteiger partial charge in [0.1, 0.15) is 11.6 Å². The van der Waals surface area contributed by atoms with Gasteiger partial charge in [0, 0.05) is 31.6 Å². The van der Waals surface area contributed by atoms with Crippen LogP contribution < -0.4 is 9.80 Å². The monoisotopic (exact) mass is 419 g/mol. The van der Waals surface area contributed by atoms with E-state index in [4.69, 9.17) is 0 Å². The van der Waals surface area contributed by atoms with E-state index < -0.39 is 45.8 Å². The molecule has 0 N–H and O–H groups in total. The highest BCUT2D eigenvalue weighted by Gasteiger charge is 2.39. The van der Waals surface area contributed by atoms with E-state index in [2.05, 4.69) is 0 Å². The first kappa shape index (κ1) is 19.9. The molecular weight excluding hydrogens is 403 g/mol. The Labute approximate surface area is 168 Å². The fraction of sp³-hybridized carbons (Fsp3) is 0.300. The minimum atomic E-state index is -1.03. The molecule has 2 aliphatic heterocycles. The summed E-state index contributed by atoms with van der Waals surface area (Å²) in [4.78, 5) is 38.0. The number of nitro benzene ring substituents is 1. The van der Waals surface area contributed by atoms with Crippen molar-refractivity contribution in [3.05, 3.63) is 63.5 Å². The number of hydrogen-bond acceptors (Lipinski definition) is 4. The zero-order chi connectivity index (χ0) is 21.6. The van der Waals surface area contributed by atoms with E-state index >= 15 is 0 Å². The van der Waals surface area contributed by atoms with Crippen molar-refractivity contribution in [3.8, 4) is 0 Å². The van der Waals surface area contributed by atoms with Gasteiger partial charge in [-0.25, -0.2) is 8.78 Å². The van der Waals surface area contributed by atoms with E-state index in [1.54, 1.807) is 0 Å². The van der Waals surface area contributed by atoms with Gasteiger partial charge in [-0.1, -0.05) is 0 Å². The van der Waals surface area contributed by atoms with E-state index in [0.29, 0.717) is 24.5 Å². The van der Waals surface area contributed by atoms with Gasteiger partial charge in [0.25, 0.3) is 0 Å². The van der Waals surface area contributed by atoms with Crippen LogP contribution in [0.1, 0.15) is 18.4 Å². The summed E-state index contributed by atoms with van der Waals surface area (Å²) in [6.07, 6.45) is 0.789. The number of carbonyl (C=O) groups is 2. The molecule has 2 heterocycles. The predicted octanol–water partition coefficient (Wildman–Crippen LogP) is 3.34. The van der Waals surface area contributed by atoms with Crippen LogP contribution in [0.4, 0.5) is 30.2 Å². The zero-order valence-electron chi connectivity index (χ0n) is 15.6. The van der Waals surface area contributed by atoms with Gasteiger partial charge in [-0.2, -0.15) is 4.39 Å². The molecule has 10 heteroatoms. The molecule has 1 saturated heterocycles. The number of anilines is 2. The summed E-state index contributed by atoms with van der Waals surface area (Å²) in [5.74, 6) is -4.33. The van der Waals surface area contributed by atoms with Crippen LogP contribution in [-0.4, -0.2) is 29.8 Å². The number of amides is 2. The Balaban J connectivity index is 1.60. The summed E-state index contributed by atoms with van der Waals surface area (Å²) >= 11 is 0. The Morgan fingerprint density at radius 2 is 1.90 bits per heavy atom. The van der Waals surface area contributed by atoms with E-state index in [1.807, 2.05) is 0 Å². The van der Waals surface area contributed by atoms with Gasteiger partial charge in [-0.3, -0.25) is 19.7 Å². The second-order valence-corrected chi connectivity index (χ2v) is 7.29. The number of aryl methyl sites for hydroxylation is 1. The van der Waals surface area contributed by atoms with Crippen molar-refractivity contribution in [2.75, 3.05) is 22.9 Å². The topological polar surface area (TPSA) is 83.8 Å². The molecule has 1 fully saturated rings. The molecule has 7 nitrogen and oxygen atoms in total. The SMILES string of the molecule is O=C1CC(C(=O)N2CCCc3cc(F)cc(F)c32)CN1c1ccc(F)c([N+](=O)[O-])c1. The summed E-state index contributed by atoms with van der Waals surface area (Å²) in [6, 6.07) is 4.97. The minimum absolute atomic E-state index is 0.0240. The lowest BCUT2D eigenvalue weighted by molar-refractivity contribution is -0.387. The Kier molecular flexibility index (Phi) is 4.92. The van der Waals surface area contributed by atoms with Crippen molar-refractivity contribution in [2.24, 2.45) is 5.92 Å². The average molecular weight is 419 g/mol. The normalized spacial score (nSPS) is 18.5. The van der Waals surface area contributed by atoms with Crippen LogP contribution in [0.2, 0.25) is 0 Å². The summed E-state index contributed by atoms with van der Waals surface area (Å²) in [6.45, 7) is 0.163. The van der Waals surface area contributed by atoms with Gasteiger partial charge in [-0.05, 0) is 36.6 Å². The van der Waals surface area contributed by atoms with Crippen LogP contribution >= 0.6 is 0 Å². The van der Waals surface area contributed by atoms with E-state index in [9.17, 15) is 32.9 Å². The molecule has 156 valence electrons. The predicted molar refractivity (Wildman–Crippen MR) is 101 cm³/mol. The number of fused-ring (bicyclic) bond motifs is 1. The van der Waals surface area contributed by atoms with Gasteiger partial charge in [0.2, 0.25) is 17.6 Å². The van der Waals surface area contributed by atoms with Crippen molar-refractivity contribution in [3.63, 3.8) is 0 Å². The van der Waals surface area contributed by atoms with Crippen LogP contribution in [0, 0.1) is 33.5 Å². The number of carbonyl (C=O) groups excluding carboxylic acids is 2. The van der Waals surface area contributed by atoms with Crippen LogP contribution in [0.15, 0.2) is 30.3 Å². The van der Waals surface area contributed by atoms with Crippen LogP contribution in [0.3, 0.4) is 0 Å².